The lowest BCUT2D eigenvalue weighted by Crippen LogP contribution is -2.62. The van der Waals surface area contributed by atoms with Crippen LogP contribution in [0.1, 0.15) is 31.7 Å². The molecule has 2 N–H and O–H groups in total. The van der Waals surface area contributed by atoms with E-state index in [0.717, 1.165) is 51.0 Å². The van der Waals surface area contributed by atoms with E-state index in [9.17, 15) is 14.4 Å². The van der Waals surface area contributed by atoms with Gasteiger partial charge >= 0.3 is 0 Å². The summed E-state index contributed by atoms with van der Waals surface area (Å²) in [5.41, 5.74) is 0.964. The minimum atomic E-state index is -0.165. The van der Waals surface area contributed by atoms with Crippen molar-refractivity contribution in [3.8, 4) is 0 Å². The molecule has 1 aromatic rings. The van der Waals surface area contributed by atoms with E-state index >= 15 is 0 Å². The standard InChI is InChI=1S/C23H32ClN5O3/c1-16(30)27-8-10-28(11-9-27)19-6-7-21-20(12-19)23(32)29(15-26-21)14-22(31)25-13-17-2-4-18(24)5-3-17/h2-5,19-21,26H,6-15H2,1H3,(H,25,31). The predicted octanol–water partition coefficient (Wildman–Crippen LogP) is 1.05. The topological polar surface area (TPSA) is 85.0 Å². The number of hydrogen-bond donors (Lipinski definition) is 2. The van der Waals surface area contributed by atoms with Crippen LogP contribution in [0.3, 0.4) is 0 Å². The predicted molar refractivity (Wildman–Crippen MR) is 122 cm³/mol. The molecule has 3 fully saturated rings. The van der Waals surface area contributed by atoms with Crippen LogP contribution in [0.25, 0.3) is 0 Å². The number of carbonyl (C=O) groups excluding carboxylic acids is 3. The number of nitrogens with zero attached hydrogens (tertiary/aromatic N) is 3. The molecule has 2 saturated heterocycles. The lowest BCUT2D eigenvalue weighted by molar-refractivity contribution is -0.146. The molecule has 4 rings (SSSR count). The Balaban J connectivity index is 1.28. The third kappa shape index (κ3) is 5.42. The van der Waals surface area contributed by atoms with Gasteiger partial charge in [-0.15, -0.1) is 0 Å². The Morgan fingerprint density at radius 2 is 1.84 bits per heavy atom. The van der Waals surface area contributed by atoms with Gasteiger partial charge in [-0.1, -0.05) is 23.7 Å². The zero-order valence-corrected chi connectivity index (χ0v) is 19.3. The SMILES string of the molecule is CC(=O)N1CCN(C2CCC3NCN(CC(=O)NCc4ccc(Cl)cc4)C(=O)C3C2)CC1. The largest absolute Gasteiger partial charge is 0.350 e. The van der Waals surface area contributed by atoms with Crippen molar-refractivity contribution in [2.75, 3.05) is 39.4 Å². The highest BCUT2D eigenvalue weighted by Crippen LogP contribution is 2.32. The van der Waals surface area contributed by atoms with Crippen LogP contribution in [0.15, 0.2) is 24.3 Å². The number of carbonyl (C=O) groups is 3. The molecule has 0 spiro atoms. The number of amides is 3. The van der Waals surface area contributed by atoms with Crippen molar-refractivity contribution in [2.45, 2.75) is 44.8 Å². The van der Waals surface area contributed by atoms with Gasteiger partial charge < -0.3 is 15.1 Å². The van der Waals surface area contributed by atoms with Crippen molar-refractivity contribution in [2.24, 2.45) is 5.92 Å². The van der Waals surface area contributed by atoms with Gasteiger partial charge in [0.25, 0.3) is 0 Å². The molecular formula is C23H32ClN5O3. The second kappa shape index (κ2) is 10.2. The van der Waals surface area contributed by atoms with Gasteiger partial charge in [0, 0.05) is 56.8 Å². The van der Waals surface area contributed by atoms with Crippen LogP contribution < -0.4 is 10.6 Å². The van der Waals surface area contributed by atoms with Crippen molar-refractivity contribution in [3.63, 3.8) is 0 Å². The molecule has 8 nitrogen and oxygen atoms in total. The molecule has 1 aliphatic carbocycles. The maximum atomic E-state index is 13.2. The zero-order chi connectivity index (χ0) is 22.7. The smallest absolute Gasteiger partial charge is 0.239 e. The minimum Gasteiger partial charge on any atom is -0.350 e. The third-order valence-corrected chi connectivity index (χ3v) is 7.26. The number of nitrogens with one attached hydrogen (secondary N) is 2. The maximum absolute atomic E-state index is 13.2. The first kappa shape index (κ1) is 23.0. The summed E-state index contributed by atoms with van der Waals surface area (Å²) in [6.45, 7) is 5.73. The Morgan fingerprint density at radius 3 is 2.53 bits per heavy atom. The van der Waals surface area contributed by atoms with Gasteiger partial charge in [0.1, 0.15) is 6.54 Å². The average Bonchev–Trinajstić information content (AvgIpc) is 2.80. The van der Waals surface area contributed by atoms with E-state index in [1.54, 1.807) is 24.0 Å². The molecule has 3 atom stereocenters. The molecule has 1 aromatic carbocycles. The van der Waals surface area contributed by atoms with Gasteiger partial charge in [0.05, 0.1) is 12.6 Å². The number of hydrogen-bond acceptors (Lipinski definition) is 5. The van der Waals surface area contributed by atoms with Crippen LogP contribution in [-0.2, 0) is 20.9 Å². The normalized spacial score (nSPS) is 26.6. The highest BCUT2D eigenvalue weighted by Gasteiger charge is 2.42. The number of halogens is 1. The molecule has 9 heteroatoms. The number of benzene rings is 1. The van der Waals surface area contributed by atoms with Crippen LogP contribution >= 0.6 is 11.6 Å². The monoisotopic (exact) mass is 461 g/mol. The zero-order valence-electron chi connectivity index (χ0n) is 18.6. The summed E-state index contributed by atoms with van der Waals surface area (Å²) in [7, 11) is 0. The molecule has 2 aliphatic heterocycles. The molecule has 1 saturated carbocycles. The fourth-order valence-corrected chi connectivity index (χ4v) is 5.23. The molecule has 0 radical (unpaired) electrons. The lowest BCUT2D eigenvalue weighted by Gasteiger charge is -2.47. The van der Waals surface area contributed by atoms with E-state index in [1.165, 1.54) is 0 Å². The molecule has 2 heterocycles. The quantitative estimate of drug-likeness (QED) is 0.684. The van der Waals surface area contributed by atoms with Crippen molar-refractivity contribution in [3.05, 3.63) is 34.9 Å². The Kier molecular flexibility index (Phi) is 7.33. The van der Waals surface area contributed by atoms with Crippen molar-refractivity contribution >= 4 is 29.3 Å². The summed E-state index contributed by atoms with van der Waals surface area (Å²) in [5.74, 6) is -0.0638. The molecule has 3 amide bonds. The molecule has 3 aliphatic rings. The first-order valence-electron chi connectivity index (χ1n) is 11.4. The van der Waals surface area contributed by atoms with E-state index in [2.05, 4.69) is 15.5 Å². The van der Waals surface area contributed by atoms with Gasteiger partial charge in [0.2, 0.25) is 17.7 Å². The highest BCUT2D eigenvalue weighted by molar-refractivity contribution is 6.30. The number of piperazine rings is 1. The summed E-state index contributed by atoms with van der Waals surface area (Å²) >= 11 is 5.90. The second-order valence-electron chi connectivity index (χ2n) is 9.02. The molecule has 0 bridgehead atoms. The fraction of sp³-hybridized carbons (Fsp3) is 0.609. The Hall–Kier alpha value is -2.16. The Labute approximate surface area is 194 Å². The van der Waals surface area contributed by atoms with E-state index in [-0.39, 0.29) is 36.2 Å². The number of fused-ring (bicyclic) bond motifs is 1. The van der Waals surface area contributed by atoms with E-state index < -0.39 is 0 Å². The molecular weight excluding hydrogens is 430 g/mol. The van der Waals surface area contributed by atoms with Crippen LogP contribution in [0.5, 0.6) is 0 Å². The molecule has 3 unspecified atom stereocenters. The van der Waals surface area contributed by atoms with E-state index in [1.807, 2.05) is 17.0 Å². The van der Waals surface area contributed by atoms with Gasteiger partial charge in [-0.05, 0) is 37.0 Å². The lowest BCUT2D eigenvalue weighted by atomic mass is 9.79. The maximum Gasteiger partial charge on any atom is 0.239 e. The highest BCUT2D eigenvalue weighted by atomic mass is 35.5. The molecule has 0 aromatic heterocycles. The minimum absolute atomic E-state index is 0.0601. The molecule has 174 valence electrons. The Bertz CT molecular complexity index is 841. The summed E-state index contributed by atoms with van der Waals surface area (Å²) in [6, 6.07) is 7.88. The second-order valence-corrected chi connectivity index (χ2v) is 9.46. The van der Waals surface area contributed by atoms with Crippen molar-refractivity contribution in [1.82, 2.24) is 25.3 Å². The van der Waals surface area contributed by atoms with Gasteiger partial charge in [0.15, 0.2) is 0 Å². The number of rotatable bonds is 5. The van der Waals surface area contributed by atoms with Crippen LogP contribution in [0.4, 0.5) is 0 Å². The van der Waals surface area contributed by atoms with Crippen LogP contribution in [-0.4, -0.2) is 83.9 Å². The van der Waals surface area contributed by atoms with E-state index in [0.29, 0.717) is 24.3 Å². The summed E-state index contributed by atoms with van der Waals surface area (Å²) in [5, 5.41) is 7.02. The summed E-state index contributed by atoms with van der Waals surface area (Å²) in [4.78, 5) is 43.2. The van der Waals surface area contributed by atoms with Crippen LogP contribution in [0.2, 0.25) is 5.02 Å². The van der Waals surface area contributed by atoms with Gasteiger partial charge in [-0.25, -0.2) is 0 Å². The van der Waals surface area contributed by atoms with Gasteiger partial charge in [-0.2, -0.15) is 0 Å². The van der Waals surface area contributed by atoms with Crippen LogP contribution in [0, 0.1) is 5.92 Å². The van der Waals surface area contributed by atoms with Gasteiger partial charge in [-0.3, -0.25) is 24.6 Å². The first-order chi connectivity index (χ1) is 15.4. The van der Waals surface area contributed by atoms with Crippen molar-refractivity contribution in [1.29, 1.82) is 0 Å². The summed E-state index contributed by atoms with van der Waals surface area (Å²) in [6.07, 6.45) is 2.83. The fourth-order valence-electron chi connectivity index (χ4n) is 5.11. The van der Waals surface area contributed by atoms with Crippen molar-refractivity contribution < 1.29 is 14.4 Å². The van der Waals surface area contributed by atoms with E-state index in [4.69, 9.17) is 11.6 Å². The Morgan fingerprint density at radius 1 is 1.12 bits per heavy atom. The molecule has 32 heavy (non-hydrogen) atoms. The third-order valence-electron chi connectivity index (χ3n) is 7.01. The first-order valence-corrected chi connectivity index (χ1v) is 11.8. The average molecular weight is 462 g/mol. The summed E-state index contributed by atoms with van der Waals surface area (Å²) < 4.78 is 0.